The lowest BCUT2D eigenvalue weighted by atomic mass is 9.98. The first kappa shape index (κ1) is 64.2. The molecule has 0 heterocycles. The van der Waals surface area contributed by atoms with Crippen molar-refractivity contribution in [2.24, 2.45) is 0 Å². The molecule has 0 aliphatic heterocycles. The minimum absolute atomic E-state index is 0.0138. The molecule has 0 fully saturated rings. The second-order valence-corrected chi connectivity index (χ2v) is 22.2. The van der Waals surface area contributed by atoms with Crippen molar-refractivity contribution in [3.8, 4) is 11.1 Å². The van der Waals surface area contributed by atoms with Gasteiger partial charge in [0.05, 0.1) is 52.3 Å². The van der Waals surface area contributed by atoms with Crippen molar-refractivity contribution in [2.45, 2.75) is 186 Å². The lowest BCUT2D eigenvalue weighted by Gasteiger charge is -2.25. The molecule has 17 heteroatoms. The van der Waals surface area contributed by atoms with E-state index in [-0.39, 0.29) is 69.8 Å². The fourth-order valence-electron chi connectivity index (χ4n) is 8.83. The smallest absolute Gasteiger partial charge is 0.407 e. The fourth-order valence-corrected chi connectivity index (χ4v) is 11.4. The van der Waals surface area contributed by atoms with Crippen LogP contribution in [0.2, 0.25) is 0 Å². The second kappa shape index (κ2) is 39.3. The van der Waals surface area contributed by atoms with E-state index < -0.39 is 44.3 Å². The standard InChI is InChI=1S/C56H92F2N3O10PS/c1-5-9-11-13-15-17-19-21-23-29-37-68-42-46(60-53(62)34-24-22-20-18-16-14-12-10-6-2)44-73-45-52(61-55(64)69-43-51-49-32-27-25-30-47(49)48-31-26-28-33-50(48)51)54(63)59-36-39-67-41-40-66-38-35-56(57,58)72(65,70-7-3)71-8-4/h25-28,30-33,46,51-52H,5-24,29,34-45H2,1-4H3,(H,59,63)(H,60,62)(H,61,64)/t46-,52+/m1/s1. The SMILES string of the molecule is CCCCCCCCCCCCOC[C@H](CSC[C@H](NC(=O)OCC1c2ccccc2-c2ccccc21)C(=O)NCCOCCOCCC(F)(F)P(=O)(OCC)OCC)NC(=O)CCCCCCCCCCC. The van der Waals surface area contributed by atoms with Gasteiger partial charge in [-0.3, -0.25) is 14.2 Å². The van der Waals surface area contributed by atoms with Crippen molar-refractivity contribution in [3.05, 3.63) is 59.7 Å². The number of amides is 3. The number of ether oxygens (including phenoxy) is 4. The van der Waals surface area contributed by atoms with Crippen LogP contribution in [0.1, 0.15) is 180 Å². The van der Waals surface area contributed by atoms with Crippen LogP contribution in [0.3, 0.4) is 0 Å². The third-order valence-electron chi connectivity index (χ3n) is 12.9. The number of nitrogens with one attached hydrogen (secondary N) is 3. The zero-order valence-electron chi connectivity index (χ0n) is 44.9. The molecule has 0 unspecified atom stereocenters. The Morgan fingerprint density at radius 3 is 1.71 bits per heavy atom. The van der Waals surface area contributed by atoms with Gasteiger partial charge in [0.2, 0.25) is 11.8 Å². The highest BCUT2D eigenvalue weighted by atomic mass is 32.2. The molecule has 416 valence electrons. The molecular weight excluding hydrogens is 976 g/mol. The van der Waals surface area contributed by atoms with Crippen molar-refractivity contribution < 1.29 is 55.7 Å². The Balaban J connectivity index is 1.56. The summed E-state index contributed by atoms with van der Waals surface area (Å²) in [6.45, 7) is 7.89. The molecule has 3 amide bonds. The molecule has 0 spiro atoms. The van der Waals surface area contributed by atoms with Gasteiger partial charge in [-0.15, -0.1) is 0 Å². The zero-order valence-corrected chi connectivity index (χ0v) is 46.6. The van der Waals surface area contributed by atoms with Crippen molar-refractivity contribution in [2.75, 3.05) is 77.5 Å². The molecule has 1 aliphatic rings. The van der Waals surface area contributed by atoms with Crippen LogP contribution in [-0.2, 0) is 42.1 Å². The van der Waals surface area contributed by atoms with Crippen LogP contribution in [0.5, 0.6) is 0 Å². The van der Waals surface area contributed by atoms with Crippen LogP contribution in [0.4, 0.5) is 13.6 Å². The number of halogens is 2. The van der Waals surface area contributed by atoms with E-state index in [1.54, 1.807) is 0 Å². The summed E-state index contributed by atoms with van der Waals surface area (Å²) in [7, 11) is -4.64. The van der Waals surface area contributed by atoms with E-state index in [0.29, 0.717) is 25.4 Å². The maximum Gasteiger partial charge on any atom is 0.407 e. The summed E-state index contributed by atoms with van der Waals surface area (Å²) in [6.07, 6.45) is 21.7. The number of carbonyl (C=O) groups is 3. The van der Waals surface area contributed by atoms with Gasteiger partial charge < -0.3 is 43.9 Å². The molecular formula is C56H92F2N3O10PS. The first-order valence-corrected chi connectivity index (χ1v) is 30.5. The molecule has 0 aromatic heterocycles. The molecule has 2 atom stereocenters. The average Bonchev–Trinajstić information content (AvgIpc) is 3.70. The highest BCUT2D eigenvalue weighted by Crippen LogP contribution is 2.63. The molecule has 0 radical (unpaired) electrons. The summed E-state index contributed by atoms with van der Waals surface area (Å²) in [5.74, 6) is 0.0303. The Bertz CT molecular complexity index is 1790. The number of hydrogen-bond acceptors (Lipinski definition) is 11. The molecule has 13 nitrogen and oxygen atoms in total. The topological polar surface area (TPSA) is 160 Å². The number of alkyl carbamates (subject to hydrolysis) is 1. The highest BCUT2D eigenvalue weighted by molar-refractivity contribution is 7.99. The Morgan fingerprint density at radius 1 is 0.630 bits per heavy atom. The van der Waals surface area contributed by atoms with Gasteiger partial charge in [0.25, 0.3) is 0 Å². The highest BCUT2D eigenvalue weighted by Gasteiger charge is 2.52. The van der Waals surface area contributed by atoms with Crippen molar-refractivity contribution in [1.82, 2.24) is 16.0 Å². The molecule has 73 heavy (non-hydrogen) atoms. The number of benzene rings is 2. The Kier molecular flexibility index (Phi) is 34.5. The van der Waals surface area contributed by atoms with Crippen LogP contribution in [0, 0.1) is 0 Å². The quantitative estimate of drug-likeness (QED) is 0.0428. The molecule has 3 N–H and O–H groups in total. The van der Waals surface area contributed by atoms with E-state index in [1.165, 1.54) is 116 Å². The lowest BCUT2D eigenvalue weighted by molar-refractivity contribution is -0.123. The van der Waals surface area contributed by atoms with E-state index >= 15 is 0 Å². The van der Waals surface area contributed by atoms with Crippen molar-refractivity contribution >= 4 is 37.3 Å². The van der Waals surface area contributed by atoms with E-state index in [2.05, 4.69) is 41.9 Å². The van der Waals surface area contributed by atoms with Gasteiger partial charge in [0.15, 0.2) is 0 Å². The average molecular weight is 1070 g/mol. The van der Waals surface area contributed by atoms with Crippen LogP contribution in [0.15, 0.2) is 48.5 Å². The van der Waals surface area contributed by atoms with Gasteiger partial charge >= 0.3 is 19.4 Å². The molecule has 3 rings (SSSR count). The van der Waals surface area contributed by atoms with Crippen molar-refractivity contribution in [3.63, 3.8) is 0 Å². The number of unbranched alkanes of at least 4 members (excludes halogenated alkanes) is 17. The number of thioether (sulfide) groups is 1. The summed E-state index contributed by atoms with van der Waals surface area (Å²) in [5.41, 5.74) is 0.628. The van der Waals surface area contributed by atoms with Crippen LogP contribution in [-0.4, -0.2) is 113 Å². The monoisotopic (exact) mass is 1070 g/mol. The van der Waals surface area contributed by atoms with Gasteiger partial charge in [0.1, 0.15) is 12.6 Å². The third kappa shape index (κ3) is 26.0. The number of alkyl halides is 2. The fraction of sp³-hybridized carbons (Fsp3) is 0.732. The first-order chi connectivity index (χ1) is 35.5. The largest absolute Gasteiger partial charge is 0.449 e. The Morgan fingerprint density at radius 2 is 1.15 bits per heavy atom. The number of hydrogen-bond donors (Lipinski definition) is 3. The van der Waals surface area contributed by atoms with E-state index in [0.717, 1.165) is 54.4 Å². The van der Waals surface area contributed by atoms with E-state index in [1.807, 2.05) is 36.4 Å². The maximum absolute atomic E-state index is 14.7. The van der Waals surface area contributed by atoms with Gasteiger partial charge in [-0.1, -0.05) is 172 Å². The zero-order chi connectivity index (χ0) is 52.8. The second-order valence-electron chi connectivity index (χ2n) is 18.9. The van der Waals surface area contributed by atoms with Crippen LogP contribution < -0.4 is 16.0 Å². The Hall–Kier alpha value is -3.11. The summed E-state index contributed by atoms with van der Waals surface area (Å²) >= 11 is 1.44. The summed E-state index contributed by atoms with van der Waals surface area (Å²) in [5, 5.41) is 8.83. The minimum atomic E-state index is -4.64. The summed E-state index contributed by atoms with van der Waals surface area (Å²) in [4.78, 5) is 40.5. The predicted molar refractivity (Wildman–Crippen MR) is 291 cm³/mol. The van der Waals surface area contributed by atoms with Gasteiger partial charge in [-0.2, -0.15) is 20.5 Å². The van der Waals surface area contributed by atoms with E-state index in [9.17, 15) is 27.7 Å². The van der Waals surface area contributed by atoms with Gasteiger partial charge in [-0.05, 0) is 48.9 Å². The van der Waals surface area contributed by atoms with E-state index in [4.69, 9.17) is 28.0 Å². The molecule has 0 bridgehead atoms. The molecule has 2 aromatic rings. The maximum atomic E-state index is 14.7. The molecule has 0 saturated carbocycles. The van der Waals surface area contributed by atoms with Crippen LogP contribution in [0.25, 0.3) is 11.1 Å². The molecule has 2 aromatic carbocycles. The Labute approximate surface area is 441 Å². The van der Waals surface area contributed by atoms with Crippen LogP contribution >= 0.6 is 19.4 Å². The molecule has 0 saturated heterocycles. The first-order valence-electron chi connectivity index (χ1n) is 27.8. The van der Waals surface area contributed by atoms with Gasteiger partial charge in [0, 0.05) is 43.4 Å². The predicted octanol–water partition coefficient (Wildman–Crippen LogP) is 13.4. The number of rotatable bonds is 46. The lowest BCUT2D eigenvalue weighted by Crippen LogP contribution is -2.49. The van der Waals surface area contributed by atoms with Crippen molar-refractivity contribution in [1.29, 1.82) is 0 Å². The summed E-state index contributed by atoms with van der Waals surface area (Å²) < 4.78 is 74.4. The summed E-state index contributed by atoms with van der Waals surface area (Å²) in [6, 6.07) is 14.9. The number of carbonyl (C=O) groups excluding carboxylic acids is 3. The van der Waals surface area contributed by atoms with Gasteiger partial charge in [-0.25, -0.2) is 4.79 Å². The minimum Gasteiger partial charge on any atom is -0.449 e. The number of fused-ring (bicyclic) bond motifs is 3. The normalized spacial score (nSPS) is 13.3. The third-order valence-corrected chi connectivity index (χ3v) is 16.3. The molecule has 1 aliphatic carbocycles.